The first-order valence-corrected chi connectivity index (χ1v) is 7.44. The zero-order chi connectivity index (χ0) is 15.4. The molecule has 0 heterocycles. The molecule has 0 saturated carbocycles. The third-order valence-corrected chi connectivity index (χ3v) is 3.58. The van der Waals surface area contributed by atoms with Gasteiger partial charge in [0.1, 0.15) is 0 Å². The van der Waals surface area contributed by atoms with Gasteiger partial charge in [-0.05, 0) is 23.0 Å². The number of hydrogen-bond donors (Lipinski definition) is 0. The number of para-hydroxylation sites is 1. The Bertz CT molecular complexity index is 549. The molecular formula is C19H22NO. The van der Waals surface area contributed by atoms with E-state index < -0.39 is 0 Å². The fourth-order valence-electron chi connectivity index (χ4n) is 2.39. The van der Waals surface area contributed by atoms with Crippen LogP contribution in [0.15, 0.2) is 48.5 Å². The third-order valence-electron chi connectivity index (χ3n) is 3.58. The van der Waals surface area contributed by atoms with E-state index in [4.69, 9.17) is 0 Å². The van der Waals surface area contributed by atoms with Crippen LogP contribution in [-0.2, 0) is 5.11 Å². The predicted octanol–water partition coefficient (Wildman–Crippen LogP) is 5.14. The molecule has 0 aliphatic heterocycles. The molecule has 0 unspecified atom stereocenters. The van der Waals surface area contributed by atoms with Gasteiger partial charge >= 0.3 is 0 Å². The lowest BCUT2D eigenvalue weighted by atomic mass is 9.92. The van der Waals surface area contributed by atoms with Crippen LogP contribution in [0.1, 0.15) is 56.2 Å². The van der Waals surface area contributed by atoms with Crippen LogP contribution in [0, 0.1) is 6.23 Å². The van der Waals surface area contributed by atoms with Crippen molar-refractivity contribution in [2.45, 2.75) is 39.5 Å². The standard InChI is InChI=1S/C19H22NO/c1-13(2)16-11-8-12-17(14(3)4)18(16)20-19(21)15-9-6-5-7-10-15/h5-14H,1-4H3. The first-order chi connectivity index (χ1) is 10.0. The summed E-state index contributed by atoms with van der Waals surface area (Å²) in [6.07, 6.45) is -0.175. The first-order valence-electron chi connectivity index (χ1n) is 7.44. The zero-order valence-electron chi connectivity index (χ0n) is 13.1. The molecule has 2 heteroatoms. The lowest BCUT2D eigenvalue weighted by Gasteiger charge is -2.20. The van der Waals surface area contributed by atoms with Crippen molar-refractivity contribution in [3.05, 3.63) is 71.4 Å². The summed E-state index contributed by atoms with van der Waals surface area (Å²) in [4.78, 5) is 0. The fourth-order valence-corrected chi connectivity index (χ4v) is 2.39. The van der Waals surface area contributed by atoms with Crippen molar-refractivity contribution in [2.75, 3.05) is 0 Å². The largest absolute Gasteiger partial charge is 0.275 e. The van der Waals surface area contributed by atoms with Crippen molar-refractivity contribution >= 4 is 5.69 Å². The van der Waals surface area contributed by atoms with Crippen LogP contribution in [0.5, 0.6) is 0 Å². The summed E-state index contributed by atoms with van der Waals surface area (Å²) in [6.45, 7) is 8.52. The van der Waals surface area contributed by atoms with Gasteiger partial charge in [0.25, 0.3) is 6.23 Å². The molecule has 0 aromatic heterocycles. The summed E-state index contributed by atoms with van der Waals surface area (Å²) in [7, 11) is 0. The van der Waals surface area contributed by atoms with Crippen molar-refractivity contribution in [3.8, 4) is 0 Å². The van der Waals surface area contributed by atoms with Gasteiger partial charge in [0, 0.05) is 5.56 Å². The minimum atomic E-state index is -0.175. The zero-order valence-corrected chi connectivity index (χ0v) is 13.1. The van der Waals surface area contributed by atoms with Gasteiger partial charge in [0.15, 0.2) is 0 Å². The van der Waals surface area contributed by atoms with Gasteiger partial charge < -0.3 is 0 Å². The van der Waals surface area contributed by atoms with E-state index in [9.17, 15) is 5.11 Å². The predicted molar refractivity (Wildman–Crippen MR) is 85.9 cm³/mol. The molecule has 0 saturated heterocycles. The van der Waals surface area contributed by atoms with Gasteiger partial charge in [-0.3, -0.25) is 0 Å². The maximum atomic E-state index is 12.4. The lowest BCUT2D eigenvalue weighted by Crippen LogP contribution is -2.12. The molecule has 0 aliphatic rings. The summed E-state index contributed by atoms with van der Waals surface area (Å²) < 4.78 is 0. The Labute approximate surface area is 127 Å². The number of hydrogen-bond acceptors (Lipinski definition) is 0. The van der Waals surface area contributed by atoms with Crippen LogP contribution in [0.4, 0.5) is 5.69 Å². The Kier molecular flexibility index (Phi) is 5.03. The van der Waals surface area contributed by atoms with Gasteiger partial charge in [0.05, 0.1) is 5.69 Å². The van der Waals surface area contributed by atoms with Gasteiger partial charge in [-0.25, -0.2) is 5.32 Å². The quantitative estimate of drug-likeness (QED) is 0.727. The Balaban J connectivity index is 2.38. The van der Waals surface area contributed by atoms with Crippen molar-refractivity contribution in [1.29, 1.82) is 0 Å². The average molecular weight is 280 g/mol. The molecule has 0 spiro atoms. The van der Waals surface area contributed by atoms with Crippen molar-refractivity contribution in [1.82, 2.24) is 5.32 Å². The topological polar surface area (TPSA) is 34.0 Å². The first kappa shape index (κ1) is 15.6. The second-order valence-corrected chi connectivity index (χ2v) is 5.88. The minimum Gasteiger partial charge on any atom is -0.238 e. The number of nitrogens with zero attached hydrogens (tertiary/aromatic N) is 1. The maximum Gasteiger partial charge on any atom is 0.275 e. The van der Waals surface area contributed by atoms with Crippen LogP contribution < -0.4 is 5.32 Å². The molecule has 3 radical (unpaired) electrons. The van der Waals surface area contributed by atoms with E-state index in [-0.39, 0.29) is 6.23 Å². The number of benzene rings is 2. The molecule has 109 valence electrons. The van der Waals surface area contributed by atoms with Gasteiger partial charge in [0.2, 0.25) is 0 Å². The summed E-state index contributed by atoms with van der Waals surface area (Å²) in [6, 6.07) is 15.4. The van der Waals surface area contributed by atoms with Crippen molar-refractivity contribution < 1.29 is 5.11 Å². The molecule has 0 bridgehead atoms. The Morgan fingerprint density at radius 3 is 1.81 bits per heavy atom. The molecule has 0 atom stereocenters. The monoisotopic (exact) mass is 280 g/mol. The normalized spacial score (nSPS) is 11.4. The lowest BCUT2D eigenvalue weighted by molar-refractivity contribution is 0.205. The van der Waals surface area contributed by atoms with Gasteiger partial charge in [-0.15, -0.1) is 0 Å². The Hall–Kier alpha value is -1.80. The minimum absolute atomic E-state index is 0.175. The maximum absolute atomic E-state index is 12.4. The van der Waals surface area contributed by atoms with E-state index in [0.717, 1.165) is 16.8 Å². The molecule has 2 aromatic rings. The molecule has 2 nitrogen and oxygen atoms in total. The van der Waals surface area contributed by atoms with E-state index >= 15 is 0 Å². The molecule has 0 aliphatic carbocycles. The van der Waals surface area contributed by atoms with Gasteiger partial charge in [-0.2, -0.15) is 5.11 Å². The smallest absolute Gasteiger partial charge is 0.238 e. The molecular weight excluding hydrogens is 258 g/mol. The molecule has 0 amide bonds. The molecule has 21 heavy (non-hydrogen) atoms. The highest BCUT2D eigenvalue weighted by Gasteiger charge is 2.20. The molecule has 2 aromatic carbocycles. The van der Waals surface area contributed by atoms with E-state index in [2.05, 4.69) is 51.2 Å². The molecule has 0 N–H and O–H groups in total. The number of rotatable bonds is 5. The fraction of sp³-hybridized carbons (Fsp3) is 0.316. The molecule has 2 rings (SSSR count). The summed E-state index contributed by atoms with van der Waals surface area (Å²) in [5, 5.41) is 16.8. The van der Waals surface area contributed by atoms with Crippen molar-refractivity contribution in [3.63, 3.8) is 0 Å². The Morgan fingerprint density at radius 2 is 1.33 bits per heavy atom. The summed E-state index contributed by atoms with van der Waals surface area (Å²) in [5.41, 5.74) is 3.73. The highest BCUT2D eigenvalue weighted by Crippen LogP contribution is 2.34. The molecule has 0 fully saturated rings. The van der Waals surface area contributed by atoms with Gasteiger partial charge in [-0.1, -0.05) is 76.2 Å². The highest BCUT2D eigenvalue weighted by atomic mass is 16.3. The van der Waals surface area contributed by atoms with E-state index in [1.165, 1.54) is 0 Å². The average Bonchev–Trinajstić information content (AvgIpc) is 2.47. The van der Waals surface area contributed by atoms with Crippen LogP contribution in [0.25, 0.3) is 0 Å². The van der Waals surface area contributed by atoms with E-state index in [1.54, 1.807) is 12.1 Å². The van der Waals surface area contributed by atoms with Crippen LogP contribution in [-0.4, -0.2) is 0 Å². The summed E-state index contributed by atoms with van der Waals surface area (Å²) in [5.74, 6) is 0.678. The second-order valence-electron chi connectivity index (χ2n) is 5.88. The SMILES string of the molecule is CC(C)c1cccc(C(C)C)c1[N][C]([O])c1ccccc1. The van der Waals surface area contributed by atoms with Crippen LogP contribution in [0.2, 0.25) is 0 Å². The van der Waals surface area contributed by atoms with Crippen LogP contribution in [0.3, 0.4) is 0 Å². The second kappa shape index (κ2) is 6.77. The highest BCUT2D eigenvalue weighted by molar-refractivity contribution is 5.56. The van der Waals surface area contributed by atoms with Crippen LogP contribution >= 0.6 is 0 Å². The van der Waals surface area contributed by atoms with Crippen molar-refractivity contribution in [2.24, 2.45) is 0 Å². The van der Waals surface area contributed by atoms with E-state index in [1.807, 2.05) is 18.2 Å². The Morgan fingerprint density at radius 1 is 0.810 bits per heavy atom. The summed E-state index contributed by atoms with van der Waals surface area (Å²) >= 11 is 0. The third kappa shape index (κ3) is 3.64. The van der Waals surface area contributed by atoms with E-state index in [0.29, 0.717) is 17.4 Å².